The van der Waals surface area contributed by atoms with Crippen LogP contribution < -0.4 is 5.32 Å². The van der Waals surface area contributed by atoms with Gasteiger partial charge in [0.1, 0.15) is 0 Å². The zero-order valence-corrected chi connectivity index (χ0v) is 9.81. The van der Waals surface area contributed by atoms with Crippen molar-refractivity contribution in [2.75, 3.05) is 17.6 Å². The molecule has 1 N–H and O–H groups in total. The molecule has 0 radical (unpaired) electrons. The Bertz CT molecular complexity index is 233. The van der Waals surface area contributed by atoms with Crippen molar-refractivity contribution in [2.45, 2.75) is 25.5 Å². The molecule has 0 aliphatic carbocycles. The number of nitrogens with one attached hydrogen (secondary N) is 1. The quantitative estimate of drug-likeness (QED) is 0.718. The molecule has 14 heavy (non-hydrogen) atoms. The highest BCUT2D eigenvalue weighted by atomic mass is 32.2. The molecular formula is C12H19NS. The summed E-state index contributed by atoms with van der Waals surface area (Å²) in [4.78, 5) is 0. The Balaban J connectivity index is 2.05. The van der Waals surface area contributed by atoms with E-state index in [0.717, 1.165) is 11.8 Å². The number of anilines is 1. The molecule has 1 rings (SSSR count). The molecule has 0 atom stereocenters. The first-order valence-corrected chi connectivity index (χ1v) is 6.24. The normalized spacial score (nSPS) is 10.5. The van der Waals surface area contributed by atoms with Crippen molar-refractivity contribution in [3.05, 3.63) is 30.3 Å². The third-order valence-electron chi connectivity index (χ3n) is 1.88. The smallest absolute Gasteiger partial charge is 0.0340 e. The fourth-order valence-electron chi connectivity index (χ4n) is 1.18. The van der Waals surface area contributed by atoms with Crippen molar-refractivity contribution >= 4 is 17.4 Å². The maximum atomic E-state index is 3.41. The average Bonchev–Trinajstić information content (AvgIpc) is 2.18. The topological polar surface area (TPSA) is 12.0 Å². The molecular weight excluding hydrogens is 190 g/mol. The Morgan fingerprint density at radius 3 is 2.57 bits per heavy atom. The predicted molar refractivity (Wildman–Crippen MR) is 67.1 cm³/mol. The van der Waals surface area contributed by atoms with Crippen molar-refractivity contribution in [1.82, 2.24) is 0 Å². The molecule has 0 saturated heterocycles. The second-order valence-electron chi connectivity index (χ2n) is 3.57. The summed E-state index contributed by atoms with van der Waals surface area (Å²) in [7, 11) is 0. The second-order valence-corrected chi connectivity index (χ2v) is 5.25. The first kappa shape index (κ1) is 11.4. The second kappa shape index (κ2) is 6.77. The minimum Gasteiger partial charge on any atom is -0.385 e. The lowest BCUT2D eigenvalue weighted by molar-refractivity contribution is 0.983. The molecule has 0 heterocycles. The fourth-order valence-corrected chi connectivity index (χ4v) is 1.96. The van der Waals surface area contributed by atoms with E-state index in [2.05, 4.69) is 43.4 Å². The van der Waals surface area contributed by atoms with Gasteiger partial charge in [0.15, 0.2) is 0 Å². The molecule has 0 fully saturated rings. The van der Waals surface area contributed by atoms with Crippen molar-refractivity contribution in [3.63, 3.8) is 0 Å². The van der Waals surface area contributed by atoms with Gasteiger partial charge >= 0.3 is 0 Å². The minimum atomic E-state index is 0.756. The maximum Gasteiger partial charge on any atom is 0.0340 e. The van der Waals surface area contributed by atoms with Gasteiger partial charge in [0, 0.05) is 12.2 Å². The van der Waals surface area contributed by atoms with Gasteiger partial charge in [-0.25, -0.2) is 0 Å². The summed E-state index contributed by atoms with van der Waals surface area (Å²) in [6.07, 6.45) is 1.23. The van der Waals surface area contributed by atoms with Crippen molar-refractivity contribution in [1.29, 1.82) is 0 Å². The number of benzene rings is 1. The minimum absolute atomic E-state index is 0.756. The van der Waals surface area contributed by atoms with E-state index in [-0.39, 0.29) is 0 Å². The van der Waals surface area contributed by atoms with E-state index >= 15 is 0 Å². The molecule has 0 amide bonds. The van der Waals surface area contributed by atoms with Crippen LogP contribution in [0.25, 0.3) is 0 Å². The molecule has 0 aliphatic heterocycles. The van der Waals surface area contributed by atoms with Gasteiger partial charge in [0.25, 0.3) is 0 Å². The van der Waals surface area contributed by atoms with E-state index < -0.39 is 0 Å². The molecule has 1 nitrogen and oxygen atoms in total. The number of rotatable bonds is 6. The van der Waals surface area contributed by atoms with Gasteiger partial charge in [-0.1, -0.05) is 32.0 Å². The summed E-state index contributed by atoms with van der Waals surface area (Å²) in [5.41, 5.74) is 1.22. The number of para-hydroxylation sites is 1. The predicted octanol–water partition coefficient (Wildman–Crippen LogP) is 3.63. The van der Waals surface area contributed by atoms with Crippen molar-refractivity contribution in [3.8, 4) is 0 Å². The fraction of sp³-hybridized carbons (Fsp3) is 0.500. The van der Waals surface area contributed by atoms with Gasteiger partial charge in [-0.2, -0.15) is 11.8 Å². The van der Waals surface area contributed by atoms with Gasteiger partial charge in [-0.15, -0.1) is 0 Å². The first-order valence-electron chi connectivity index (χ1n) is 5.19. The molecule has 0 spiro atoms. The summed E-state index contributed by atoms with van der Waals surface area (Å²) in [5, 5.41) is 4.16. The first-order chi connectivity index (χ1) is 6.79. The summed E-state index contributed by atoms with van der Waals surface area (Å²) >= 11 is 2.03. The molecule has 1 aromatic carbocycles. The zero-order chi connectivity index (χ0) is 10.2. The third kappa shape index (κ3) is 5.18. The van der Waals surface area contributed by atoms with E-state index in [4.69, 9.17) is 0 Å². The number of thioether (sulfide) groups is 1. The lowest BCUT2D eigenvalue weighted by Gasteiger charge is -2.07. The molecule has 0 bridgehead atoms. The molecule has 0 aromatic heterocycles. The number of hydrogen-bond donors (Lipinski definition) is 1. The van der Waals surface area contributed by atoms with Crippen molar-refractivity contribution < 1.29 is 0 Å². The molecule has 0 saturated carbocycles. The Hall–Kier alpha value is -0.630. The van der Waals surface area contributed by atoms with Gasteiger partial charge in [0.05, 0.1) is 0 Å². The van der Waals surface area contributed by atoms with Crippen molar-refractivity contribution in [2.24, 2.45) is 0 Å². The van der Waals surface area contributed by atoms with E-state index in [1.54, 1.807) is 0 Å². The van der Waals surface area contributed by atoms with Crippen LogP contribution in [0.4, 0.5) is 5.69 Å². The average molecular weight is 209 g/mol. The highest BCUT2D eigenvalue weighted by Crippen LogP contribution is 2.10. The Labute approximate surface area is 91.3 Å². The van der Waals surface area contributed by atoms with Crippen LogP contribution in [0.3, 0.4) is 0 Å². The van der Waals surface area contributed by atoms with Crippen LogP contribution in [0.5, 0.6) is 0 Å². The standard InChI is InChI=1S/C12H19NS/c1-11(2)14-10-6-9-13-12-7-4-3-5-8-12/h3-5,7-8,11,13H,6,9-10H2,1-2H3. The Kier molecular flexibility index (Phi) is 5.53. The lowest BCUT2D eigenvalue weighted by atomic mass is 10.3. The zero-order valence-electron chi connectivity index (χ0n) is 8.99. The molecule has 0 aliphatic rings. The van der Waals surface area contributed by atoms with Crippen LogP contribution >= 0.6 is 11.8 Å². The monoisotopic (exact) mass is 209 g/mol. The highest BCUT2D eigenvalue weighted by Gasteiger charge is 1.94. The molecule has 0 unspecified atom stereocenters. The van der Waals surface area contributed by atoms with Crippen LogP contribution in [-0.2, 0) is 0 Å². The van der Waals surface area contributed by atoms with E-state index in [0.29, 0.717) is 0 Å². The van der Waals surface area contributed by atoms with Crippen LogP contribution in [-0.4, -0.2) is 17.5 Å². The summed E-state index contributed by atoms with van der Waals surface area (Å²) in [6.45, 7) is 5.56. The van der Waals surface area contributed by atoms with E-state index in [9.17, 15) is 0 Å². The third-order valence-corrected chi connectivity index (χ3v) is 3.07. The lowest BCUT2D eigenvalue weighted by Crippen LogP contribution is -2.03. The van der Waals surface area contributed by atoms with E-state index in [1.165, 1.54) is 17.9 Å². The van der Waals surface area contributed by atoms with E-state index in [1.807, 2.05) is 17.8 Å². The van der Waals surface area contributed by atoms with Gasteiger partial charge < -0.3 is 5.32 Å². The maximum absolute atomic E-state index is 3.41. The summed E-state index contributed by atoms with van der Waals surface area (Å²) < 4.78 is 0. The van der Waals surface area contributed by atoms with Gasteiger partial charge in [-0.05, 0) is 29.6 Å². The summed E-state index contributed by atoms with van der Waals surface area (Å²) in [5.74, 6) is 1.25. The van der Waals surface area contributed by atoms with Crippen LogP contribution in [0.15, 0.2) is 30.3 Å². The number of hydrogen-bond acceptors (Lipinski definition) is 2. The van der Waals surface area contributed by atoms with Crippen LogP contribution in [0.1, 0.15) is 20.3 Å². The van der Waals surface area contributed by atoms with Gasteiger partial charge in [-0.3, -0.25) is 0 Å². The molecule has 1 aromatic rings. The van der Waals surface area contributed by atoms with Gasteiger partial charge in [0.2, 0.25) is 0 Å². The Morgan fingerprint density at radius 1 is 1.21 bits per heavy atom. The Morgan fingerprint density at radius 2 is 1.93 bits per heavy atom. The largest absolute Gasteiger partial charge is 0.385 e. The SMILES string of the molecule is CC(C)SCCCNc1ccccc1. The van der Waals surface area contributed by atoms with Crippen LogP contribution in [0.2, 0.25) is 0 Å². The highest BCUT2D eigenvalue weighted by molar-refractivity contribution is 7.99. The van der Waals surface area contributed by atoms with Crippen LogP contribution in [0, 0.1) is 0 Å². The summed E-state index contributed by atoms with van der Waals surface area (Å²) in [6, 6.07) is 10.4. The molecule has 78 valence electrons. The molecule has 2 heteroatoms.